The Morgan fingerprint density at radius 2 is 2.11 bits per heavy atom. The van der Waals surface area contributed by atoms with Crippen LogP contribution in [0.3, 0.4) is 0 Å². The van der Waals surface area contributed by atoms with Gasteiger partial charge in [0.15, 0.2) is 0 Å². The number of carbonyl (C=O) groups is 1. The molecule has 19 heavy (non-hydrogen) atoms. The van der Waals surface area contributed by atoms with Gasteiger partial charge in [-0.05, 0) is 31.5 Å². The maximum Gasteiger partial charge on any atom is 0.271 e. The van der Waals surface area contributed by atoms with E-state index in [0.29, 0.717) is 5.56 Å². The summed E-state index contributed by atoms with van der Waals surface area (Å²) in [5.74, 6) is -0.655. The molecule has 2 rings (SSSR count). The Labute approximate surface area is 110 Å². The summed E-state index contributed by atoms with van der Waals surface area (Å²) < 4.78 is 13.1. The third-order valence-electron chi connectivity index (χ3n) is 2.71. The van der Waals surface area contributed by atoms with E-state index in [1.54, 1.807) is 26.0 Å². The van der Waals surface area contributed by atoms with E-state index in [2.05, 4.69) is 15.3 Å². The largest absolute Gasteiger partial charge is 0.344 e. The van der Waals surface area contributed by atoms with E-state index in [-0.39, 0.29) is 23.5 Å². The summed E-state index contributed by atoms with van der Waals surface area (Å²) in [6.07, 6.45) is 2.95. The average Bonchev–Trinajstić information content (AvgIpc) is 2.39. The highest BCUT2D eigenvalue weighted by atomic mass is 19.1. The molecule has 1 aromatic heterocycles. The first kappa shape index (κ1) is 13.1. The van der Waals surface area contributed by atoms with E-state index in [0.717, 1.165) is 5.69 Å². The van der Waals surface area contributed by atoms with Crippen LogP contribution in [-0.2, 0) is 0 Å². The Kier molecular flexibility index (Phi) is 3.85. The lowest BCUT2D eigenvalue weighted by atomic mass is 10.1. The normalized spacial score (nSPS) is 11.9. The summed E-state index contributed by atoms with van der Waals surface area (Å²) in [6.45, 7) is 3.58. The summed E-state index contributed by atoms with van der Waals surface area (Å²) in [7, 11) is 0. The summed E-state index contributed by atoms with van der Waals surface area (Å²) >= 11 is 0. The zero-order chi connectivity index (χ0) is 13.8. The maximum atomic E-state index is 13.1. The van der Waals surface area contributed by atoms with Gasteiger partial charge in [-0.1, -0.05) is 12.1 Å². The first-order chi connectivity index (χ1) is 9.06. The van der Waals surface area contributed by atoms with E-state index >= 15 is 0 Å². The Balaban J connectivity index is 2.08. The number of aryl methyl sites for hydroxylation is 1. The third-order valence-corrected chi connectivity index (χ3v) is 2.71. The van der Waals surface area contributed by atoms with E-state index in [9.17, 15) is 9.18 Å². The predicted octanol–water partition coefficient (Wildman–Crippen LogP) is 2.42. The lowest BCUT2D eigenvalue weighted by molar-refractivity contribution is 0.0934. The second-order valence-corrected chi connectivity index (χ2v) is 4.29. The number of benzene rings is 1. The molecule has 0 saturated heterocycles. The number of nitrogens with one attached hydrogen (secondary N) is 1. The smallest absolute Gasteiger partial charge is 0.271 e. The van der Waals surface area contributed by atoms with Crippen LogP contribution in [0.5, 0.6) is 0 Å². The highest BCUT2D eigenvalue weighted by molar-refractivity contribution is 5.92. The van der Waals surface area contributed by atoms with Crippen LogP contribution in [-0.4, -0.2) is 15.9 Å². The predicted molar refractivity (Wildman–Crippen MR) is 69.1 cm³/mol. The van der Waals surface area contributed by atoms with Crippen LogP contribution in [0.15, 0.2) is 36.7 Å². The topological polar surface area (TPSA) is 54.9 Å². The van der Waals surface area contributed by atoms with Crippen molar-refractivity contribution >= 4 is 5.91 Å². The first-order valence-corrected chi connectivity index (χ1v) is 5.91. The fraction of sp³-hybridized carbons (Fsp3) is 0.214. The van der Waals surface area contributed by atoms with Crippen LogP contribution < -0.4 is 5.32 Å². The van der Waals surface area contributed by atoms with Gasteiger partial charge in [0.1, 0.15) is 11.5 Å². The van der Waals surface area contributed by atoms with E-state index in [1.807, 2.05) is 0 Å². The minimum absolute atomic E-state index is 0.244. The Bertz CT molecular complexity index is 583. The van der Waals surface area contributed by atoms with Crippen LogP contribution in [0.4, 0.5) is 4.39 Å². The van der Waals surface area contributed by atoms with Gasteiger partial charge in [-0.15, -0.1) is 0 Å². The monoisotopic (exact) mass is 259 g/mol. The summed E-state index contributed by atoms with van der Waals surface area (Å²) in [5, 5.41) is 2.75. The summed E-state index contributed by atoms with van der Waals surface area (Å²) in [6, 6.07) is 5.83. The molecule has 0 radical (unpaired) electrons. The minimum atomic E-state index is -0.329. The van der Waals surface area contributed by atoms with Crippen molar-refractivity contribution in [2.24, 2.45) is 0 Å². The van der Waals surface area contributed by atoms with Crippen molar-refractivity contribution in [3.8, 4) is 0 Å². The Morgan fingerprint density at radius 3 is 2.74 bits per heavy atom. The molecule has 1 unspecified atom stereocenters. The lowest BCUT2D eigenvalue weighted by Crippen LogP contribution is -2.27. The molecule has 0 fully saturated rings. The molecule has 2 aromatic rings. The standard InChI is InChI=1S/C14H14FN3O/c1-9-7-17-13(8-16-9)14(19)18-10(2)11-4-3-5-12(15)6-11/h3-8,10H,1-2H3,(H,18,19). The number of rotatable bonds is 3. The molecule has 98 valence electrons. The van der Waals surface area contributed by atoms with Gasteiger partial charge in [0.05, 0.1) is 17.9 Å². The number of hydrogen-bond acceptors (Lipinski definition) is 3. The zero-order valence-electron chi connectivity index (χ0n) is 10.7. The van der Waals surface area contributed by atoms with Crippen molar-refractivity contribution in [3.05, 3.63) is 59.4 Å². The highest BCUT2D eigenvalue weighted by Crippen LogP contribution is 2.13. The van der Waals surface area contributed by atoms with Crippen LogP contribution in [0, 0.1) is 12.7 Å². The van der Waals surface area contributed by atoms with Gasteiger partial charge in [-0.2, -0.15) is 0 Å². The first-order valence-electron chi connectivity index (χ1n) is 5.91. The van der Waals surface area contributed by atoms with Gasteiger partial charge in [0.2, 0.25) is 0 Å². The molecule has 0 bridgehead atoms. The fourth-order valence-electron chi connectivity index (χ4n) is 1.64. The minimum Gasteiger partial charge on any atom is -0.344 e. The van der Waals surface area contributed by atoms with Crippen LogP contribution in [0.1, 0.15) is 34.7 Å². The molecule has 0 saturated carbocycles. The molecule has 1 atom stereocenters. The molecule has 0 spiro atoms. The average molecular weight is 259 g/mol. The molecular formula is C14H14FN3O. The van der Waals surface area contributed by atoms with Gasteiger partial charge >= 0.3 is 0 Å². The molecule has 4 nitrogen and oxygen atoms in total. The van der Waals surface area contributed by atoms with Gasteiger partial charge in [-0.25, -0.2) is 9.37 Å². The molecule has 1 heterocycles. The molecule has 1 N–H and O–H groups in total. The molecule has 5 heteroatoms. The van der Waals surface area contributed by atoms with Crippen molar-refractivity contribution in [2.45, 2.75) is 19.9 Å². The number of amides is 1. The quantitative estimate of drug-likeness (QED) is 0.921. The number of carbonyl (C=O) groups excluding carboxylic acids is 1. The molecule has 1 aromatic carbocycles. The maximum absolute atomic E-state index is 13.1. The van der Waals surface area contributed by atoms with E-state index in [4.69, 9.17) is 0 Å². The number of hydrogen-bond donors (Lipinski definition) is 1. The van der Waals surface area contributed by atoms with E-state index < -0.39 is 0 Å². The number of halogens is 1. The molecule has 1 amide bonds. The number of nitrogens with zero attached hydrogens (tertiary/aromatic N) is 2. The lowest BCUT2D eigenvalue weighted by Gasteiger charge is -2.13. The van der Waals surface area contributed by atoms with Crippen LogP contribution in [0.25, 0.3) is 0 Å². The van der Waals surface area contributed by atoms with Crippen molar-refractivity contribution < 1.29 is 9.18 Å². The SMILES string of the molecule is Cc1cnc(C(=O)NC(C)c2cccc(F)c2)cn1. The molecule has 0 aliphatic rings. The van der Waals surface area contributed by atoms with Gasteiger partial charge in [0, 0.05) is 6.20 Å². The second kappa shape index (κ2) is 5.56. The molecular weight excluding hydrogens is 245 g/mol. The van der Waals surface area contributed by atoms with Crippen molar-refractivity contribution in [1.82, 2.24) is 15.3 Å². The highest BCUT2D eigenvalue weighted by Gasteiger charge is 2.13. The van der Waals surface area contributed by atoms with Crippen molar-refractivity contribution in [2.75, 3.05) is 0 Å². The van der Waals surface area contributed by atoms with Gasteiger partial charge in [-0.3, -0.25) is 9.78 Å². The summed E-state index contributed by atoms with van der Waals surface area (Å²) in [4.78, 5) is 19.9. The van der Waals surface area contributed by atoms with Crippen molar-refractivity contribution in [1.29, 1.82) is 0 Å². The zero-order valence-corrected chi connectivity index (χ0v) is 10.7. The number of aromatic nitrogens is 2. The third kappa shape index (κ3) is 3.34. The fourth-order valence-corrected chi connectivity index (χ4v) is 1.64. The molecule has 0 aliphatic carbocycles. The van der Waals surface area contributed by atoms with Crippen molar-refractivity contribution in [3.63, 3.8) is 0 Å². The van der Waals surface area contributed by atoms with Crippen LogP contribution in [0.2, 0.25) is 0 Å². The Hall–Kier alpha value is -2.30. The van der Waals surface area contributed by atoms with Crippen LogP contribution >= 0.6 is 0 Å². The summed E-state index contributed by atoms with van der Waals surface area (Å²) in [5.41, 5.74) is 1.69. The van der Waals surface area contributed by atoms with Gasteiger partial charge < -0.3 is 5.32 Å². The Morgan fingerprint density at radius 1 is 1.32 bits per heavy atom. The molecule has 0 aliphatic heterocycles. The van der Waals surface area contributed by atoms with Gasteiger partial charge in [0.25, 0.3) is 5.91 Å². The second-order valence-electron chi connectivity index (χ2n) is 4.29. The van der Waals surface area contributed by atoms with E-state index in [1.165, 1.54) is 24.5 Å².